The average Bonchev–Trinajstić information content (AvgIpc) is 2.37. The fourth-order valence-corrected chi connectivity index (χ4v) is 2.62. The second-order valence-electron chi connectivity index (χ2n) is 6.24. The Labute approximate surface area is 119 Å². The molecular weight excluding hydrogens is 238 g/mol. The minimum absolute atomic E-state index is 0.650. The van der Waals surface area contributed by atoms with E-state index in [2.05, 4.69) is 50.0 Å². The molecule has 0 amide bonds. The third kappa shape index (κ3) is 6.21. The summed E-state index contributed by atoms with van der Waals surface area (Å²) in [6.07, 6.45) is 1.21. The highest BCUT2D eigenvalue weighted by molar-refractivity contribution is 4.87. The maximum atomic E-state index is 5.74. The molecule has 2 unspecified atom stereocenters. The molecule has 0 radical (unpaired) electrons. The standard InChI is InChI=1S/C15H33N3O/c1-6-14-12-18(15(11-16-14)13(2)3)8-10-19-9-7-17(4)5/h13-16H,6-12H2,1-5H3. The van der Waals surface area contributed by atoms with Gasteiger partial charge in [-0.15, -0.1) is 0 Å². The molecule has 1 aliphatic heterocycles. The van der Waals surface area contributed by atoms with Gasteiger partial charge in [0.05, 0.1) is 13.2 Å². The molecule has 2 atom stereocenters. The number of likely N-dealkylation sites (N-methyl/N-ethyl adjacent to an activating group) is 1. The lowest BCUT2D eigenvalue weighted by atomic mass is 9.98. The number of ether oxygens (including phenoxy) is 1. The largest absolute Gasteiger partial charge is 0.379 e. The highest BCUT2D eigenvalue weighted by atomic mass is 16.5. The fraction of sp³-hybridized carbons (Fsp3) is 1.00. The van der Waals surface area contributed by atoms with Gasteiger partial charge in [-0.05, 0) is 26.4 Å². The van der Waals surface area contributed by atoms with Gasteiger partial charge in [-0.25, -0.2) is 0 Å². The summed E-state index contributed by atoms with van der Waals surface area (Å²) in [6, 6.07) is 1.30. The van der Waals surface area contributed by atoms with Crippen LogP contribution >= 0.6 is 0 Å². The first-order valence-corrected chi connectivity index (χ1v) is 7.74. The molecule has 19 heavy (non-hydrogen) atoms. The first-order chi connectivity index (χ1) is 9.04. The molecule has 1 heterocycles. The molecular formula is C15H33N3O. The van der Waals surface area contributed by atoms with Gasteiger partial charge in [0.1, 0.15) is 0 Å². The second-order valence-corrected chi connectivity index (χ2v) is 6.24. The SMILES string of the molecule is CCC1CN(CCOCCN(C)C)C(C(C)C)CN1. The molecule has 1 aliphatic rings. The average molecular weight is 271 g/mol. The van der Waals surface area contributed by atoms with Crippen molar-refractivity contribution in [2.45, 2.75) is 39.3 Å². The third-order valence-corrected chi connectivity index (χ3v) is 4.01. The lowest BCUT2D eigenvalue weighted by Gasteiger charge is -2.42. The summed E-state index contributed by atoms with van der Waals surface area (Å²) in [5.41, 5.74) is 0. The van der Waals surface area contributed by atoms with Crippen LogP contribution in [0.2, 0.25) is 0 Å². The smallest absolute Gasteiger partial charge is 0.0594 e. The summed E-state index contributed by atoms with van der Waals surface area (Å²) in [6.45, 7) is 12.9. The lowest BCUT2D eigenvalue weighted by Crippen LogP contribution is -2.58. The molecule has 1 fully saturated rings. The Kier molecular flexibility index (Phi) is 7.91. The number of hydrogen-bond donors (Lipinski definition) is 1. The Balaban J connectivity index is 2.29. The number of piperazine rings is 1. The van der Waals surface area contributed by atoms with Crippen molar-refractivity contribution in [1.29, 1.82) is 0 Å². The highest BCUT2D eigenvalue weighted by Gasteiger charge is 2.28. The van der Waals surface area contributed by atoms with Crippen molar-refractivity contribution < 1.29 is 4.74 Å². The zero-order valence-electron chi connectivity index (χ0n) is 13.5. The van der Waals surface area contributed by atoms with Gasteiger partial charge >= 0.3 is 0 Å². The van der Waals surface area contributed by atoms with Gasteiger partial charge in [0.15, 0.2) is 0 Å². The van der Waals surface area contributed by atoms with Gasteiger partial charge in [0, 0.05) is 38.3 Å². The second kappa shape index (κ2) is 8.90. The Bertz CT molecular complexity index is 233. The predicted octanol–water partition coefficient (Wildman–Crippen LogP) is 1.27. The summed E-state index contributed by atoms with van der Waals surface area (Å²) in [4.78, 5) is 4.78. The van der Waals surface area contributed by atoms with E-state index in [0.717, 1.165) is 39.4 Å². The highest BCUT2D eigenvalue weighted by Crippen LogP contribution is 2.15. The summed E-state index contributed by atoms with van der Waals surface area (Å²) < 4.78 is 5.74. The van der Waals surface area contributed by atoms with E-state index < -0.39 is 0 Å². The molecule has 114 valence electrons. The van der Waals surface area contributed by atoms with Crippen molar-refractivity contribution in [3.05, 3.63) is 0 Å². The van der Waals surface area contributed by atoms with Crippen LogP contribution in [0.3, 0.4) is 0 Å². The normalized spacial score (nSPS) is 25.4. The zero-order chi connectivity index (χ0) is 14.3. The lowest BCUT2D eigenvalue weighted by molar-refractivity contribution is 0.0459. The van der Waals surface area contributed by atoms with Crippen molar-refractivity contribution in [2.75, 3.05) is 53.5 Å². The number of hydrogen-bond acceptors (Lipinski definition) is 4. The molecule has 1 saturated heterocycles. The number of rotatable bonds is 8. The monoisotopic (exact) mass is 271 g/mol. The maximum Gasteiger partial charge on any atom is 0.0594 e. The summed E-state index contributed by atoms with van der Waals surface area (Å²) in [5.74, 6) is 0.701. The van der Waals surface area contributed by atoms with Crippen molar-refractivity contribution in [1.82, 2.24) is 15.1 Å². The third-order valence-electron chi connectivity index (χ3n) is 4.01. The molecule has 0 saturated carbocycles. The molecule has 0 aliphatic carbocycles. The minimum atomic E-state index is 0.650. The molecule has 1 rings (SSSR count). The summed E-state index contributed by atoms with van der Waals surface area (Å²) in [5, 5.41) is 3.66. The summed E-state index contributed by atoms with van der Waals surface area (Å²) >= 11 is 0. The first kappa shape index (κ1) is 16.9. The molecule has 0 bridgehead atoms. The van der Waals surface area contributed by atoms with Crippen LogP contribution in [0.4, 0.5) is 0 Å². The molecule has 4 nitrogen and oxygen atoms in total. The Hall–Kier alpha value is -0.160. The van der Waals surface area contributed by atoms with Crippen LogP contribution in [0.1, 0.15) is 27.2 Å². The maximum absolute atomic E-state index is 5.74. The van der Waals surface area contributed by atoms with E-state index in [4.69, 9.17) is 4.74 Å². The quantitative estimate of drug-likeness (QED) is 0.673. The van der Waals surface area contributed by atoms with Gasteiger partial charge in [-0.3, -0.25) is 4.90 Å². The number of nitrogens with zero attached hydrogens (tertiary/aromatic N) is 2. The molecule has 1 N–H and O–H groups in total. The van der Waals surface area contributed by atoms with Crippen molar-refractivity contribution in [3.63, 3.8) is 0 Å². The van der Waals surface area contributed by atoms with Crippen LogP contribution < -0.4 is 5.32 Å². The van der Waals surface area contributed by atoms with Crippen LogP contribution in [0.5, 0.6) is 0 Å². The molecule has 0 spiro atoms. The van der Waals surface area contributed by atoms with E-state index in [0.29, 0.717) is 18.0 Å². The van der Waals surface area contributed by atoms with Crippen LogP contribution in [0.15, 0.2) is 0 Å². The number of nitrogens with one attached hydrogen (secondary N) is 1. The van der Waals surface area contributed by atoms with Gasteiger partial charge in [-0.1, -0.05) is 20.8 Å². The minimum Gasteiger partial charge on any atom is -0.379 e. The van der Waals surface area contributed by atoms with Gasteiger partial charge in [-0.2, -0.15) is 0 Å². The van der Waals surface area contributed by atoms with E-state index in [9.17, 15) is 0 Å². The first-order valence-electron chi connectivity index (χ1n) is 7.74. The Morgan fingerprint density at radius 1 is 1.32 bits per heavy atom. The molecule has 4 heteroatoms. The van der Waals surface area contributed by atoms with Gasteiger partial charge in [0.25, 0.3) is 0 Å². The predicted molar refractivity (Wildman–Crippen MR) is 81.7 cm³/mol. The topological polar surface area (TPSA) is 27.7 Å². The Morgan fingerprint density at radius 3 is 2.63 bits per heavy atom. The van der Waals surface area contributed by atoms with Crippen LogP contribution in [-0.4, -0.2) is 75.4 Å². The van der Waals surface area contributed by atoms with E-state index in [1.54, 1.807) is 0 Å². The van der Waals surface area contributed by atoms with E-state index >= 15 is 0 Å². The fourth-order valence-electron chi connectivity index (χ4n) is 2.62. The molecule has 0 aromatic heterocycles. The Morgan fingerprint density at radius 2 is 2.05 bits per heavy atom. The molecule has 0 aromatic carbocycles. The van der Waals surface area contributed by atoms with Crippen LogP contribution in [0.25, 0.3) is 0 Å². The zero-order valence-corrected chi connectivity index (χ0v) is 13.5. The van der Waals surface area contributed by atoms with Gasteiger partial charge < -0.3 is 15.0 Å². The van der Waals surface area contributed by atoms with Crippen LogP contribution in [0, 0.1) is 5.92 Å². The van der Waals surface area contributed by atoms with E-state index in [1.807, 2.05) is 0 Å². The molecule has 0 aromatic rings. The van der Waals surface area contributed by atoms with Gasteiger partial charge in [0.2, 0.25) is 0 Å². The van der Waals surface area contributed by atoms with E-state index in [-0.39, 0.29) is 0 Å². The summed E-state index contributed by atoms with van der Waals surface area (Å²) in [7, 11) is 4.17. The van der Waals surface area contributed by atoms with E-state index in [1.165, 1.54) is 6.42 Å². The van der Waals surface area contributed by atoms with Crippen molar-refractivity contribution >= 4 is 0 Å². The van der Waals surface area contributed by atoms with Crippen molar-refractivity contribution in [3.8, 4) is 0 Å². The van der Waals surface area contributed by atoms with Crippen molar-refractivity contribution in [2.24, 2.45) is 5.92 Å². The van der Waals surface area contributed by atoms with Crippen LogP contribution in [-0.2, 0) is 4.74 Å².